The van der Waals surface area contributed by atoms with Crippen molar-refractivity contribution in [2.75, 3.05) is 13.2 Å². The van der Waals surface area contributed by atoms with Gasteiger partial charge in [0.1, 0.15) is 0 Å². The maximum atomic E-state index is 12.7. The van der Waals surface area contributed by atoms with Crippen molar-refractivity contribution in [3.05, 3.63) is 35.9 Å². The average Bonchev–Trinajstić information content (AvgIpc) is 2.61. The first-order valence-electron chi connectivity index (χ1n) is 8.91. The molecule has 2 unspecified atom stereocenters. The van der Waals surface area contributed by atoms with Gasteiger partial charge < -0.3 is 15.8 Å². The van der Waals surface area contributed by atoms with Crippen molar-refractivity contribution in [2.24, 2.45) is 11.7 Å². The highest BCUT2D eigenvalue weighted by Crippen LogP contribution is 2.34. The SMILES string of the molecule is Cl.NC1(CNC(=O)C2CCCOC2c2ccccc2)CCCCC1. The molecular formula is C19H29ClN2O2. The molecule has 4 nitrogen and oxygen atoms in total. The quantitative estimate of drug-likeness (QED) is 0.873. The van der Waals surface area contributed by atoms with E-state index in [-0.39, 0.29) is 35.9 Å². The highest BCUT2D eigenvalue weighted by atomic mass is 35.5. The molecule has 1 aliphatic heterocycles. The number of carbonyl (C=O) groups is 1. The Hall–Kier alpha value is -1.10. The van der Waals surface area contributed by atoms with Crippen molar-refractivity contribution < 1.29 is 9.53 Å². The fourth-order valence-corrected chi connectivity index (χ4v) is 3.85. The second kappa shape index (κ2) is 8.84. The highest BCUT2D eigenvalue weighted by Gasteiger charge is 2.34. The predicted octanol–water partition coefficient (Wildman–Crippen LogP) is 3.35. The third kappa shape index (κ3) is 4.71. The van der Waals surface area contributed by atoms with Crippen LogP contribution < -0.4 is 11.1 Å². The van der Waals surface area contributed by atoms with Gasteiger partial charge in [0.25, 0.3) is 0 Å². The van der Waals surface area contributed by atoms with Crippen molar-refractivity contribution >= 4 is 18.3 Å². The van der Waals surface area contributed by atoms with E-state index in [9.17, 15) is 4.79 Å². The van der Waals surface area contributed by atoms with Crippen LogP contribution in [0.15, 0.2) is 30.3 Å². The first kappa shape index (κ1) is 19.2. The van der Waals surface area contributed by atoms with Gasteiger partial charge in [-0.1, -0.05) is 49.6 Å². The number of rotatable bonds is 4. The lowest BCUT2D eigenvalue weighted by atomic mass is 9.82. The van der Waals surface area contributed by atoms with Crippen molar-refractivity contribution in [1.82, 2.24) is 5.32 Å². The molecule has 0 bridgehead atoms. The van der Waals surface area contributed by atoms with Gasteiger partial charge in [-0.15, -0.1) is 12.4 Å². The first-order chi connectivity index (χ1) is 11.2. The summed E-state index contributed by atoms with van der Waals surface area (Å²) in [5.41, 5.74) is 7.31. The van der Waals surface area contributed by atoms with Gasteiger partial charge in [0.05, 0.1) is 12.0 Å². The molecule has 1 amide bonds. The Bertz CT molecular complexity index is 517. The molecule has 2 atom stereocenters. The van der Waals surface area contributed by atoms with Crippen LogP contribution in [0.5, 0.6) is 0 Å². The highest BCUT2D eigenvalue weighted by molar-refractivity contribution is 5.85. The Labute approximate surface area is 150 Å². The van der Waals surface area contributed by atoms with Crippen LogP contribution in [-0.2, 0) is 9.53 Å². The van der Waals surface area contributed by atoms with Crippen LogP contribution in [0.25, 0.3) is 0 Å². The van der Waals surface area contributed by atoms with Crippen LogP contribution in [0.2, 0.25) is 0 Å². The smallest absolute Gasteiger partial charge is 0.226 e. The van der Waals surface area contributed by atoms with Gasteiger partial charge in [-0.3, -0.25) is 4.79 Å². The number of ether oxygens (including phenoxy) is 1. The van der Waals surface area contributed by atoms with Crippen molar-refractivity contribution in [3.8, 4) is 0 Å². The topological polar surface area (TPSA) is 64.3 Å². The molecule has 2 aliphatic rings. The summed E-state index contributed by atoms with van der Waals surface area (Å²) in [6.45, 7) is 1.31. The second-order valence-electron chi connectivity index (χ2n) is 7.09. The molecule has 1 saturated carbocycles. The zero-order valence-electron chi connectivity index (χ0n) is 14.2. The van der Waals surface area contributed by atoms with Gasteiger partial charge in [-0.2, -0.15) is 0 Å². The molecule has 1 heterocycles. The minimum absolute atomic E-state index is 0. The zero-order valence-corrected chi connectivity index (χ0v) is 15.0. The van der Waals surface area contributed by atoms with Crippen molar-refractivity contribution in [1.29, 1.82) is 0 Å². The molecule has 5 heteroatoms. The summed E-state index contributed by atoms with van der Waals surface area (Å²) in [6.07, 6.45) is 7.31. The van der Waals surface area contributed by atoms with E-state index in [1.807, 2.05) is 30.3 Å². The van der Waals surface area contributed by atoms with E-state index in [1.165, 1.54) is 19.3 Å². The molecule has 1 saturated heterocycles. The molecule has 0 radical (unpaired) electrons. The van der Waals surface area contributed by atoms with E-state index < -0.39 is 0 Å². The van der Waals surface area contributed by atoms with Crippen LogP contribution in [0.4, 0.5) is 0 Å². The van der Waals surface area contributed by atoms with Crippen LogP contribution in [0.3, 0.4) is 0 Å². The predicted molar refractivity (Wildman–Crippen MR) is 98.1 cm³/mol. The minimum Gasteiger partial charge on any atom is -0.373 e. The largest absolute Gasteiger partial charge is 0.373 e. The number of amides is 1. The number of nitrogens with one attached hydrogen (secondary N) is 1. The normalized spacial score (nSPS) is 26.2. The Morgan fingerprint density at radius 3 is 2.58 bits per heavy atom. The monoisotopic (exact) mass is 352 g/mol. The van der Waals surface area contributed by atoms with Gasteiger partial charge in [-0.25, -0.2) is 0 Å². The third-order valence-corrected chi connectivity index (χ3v) is 5.25. The van der Waals surface area contributed by atoms with E-state index in [2.05, 4.69) is 5.32 Å². The standard InChI is InChI=1S/C19H28N2O2.ClH/c20-19(11-5-2-6-12-19)14-21-18(22)16-10-7-13-23-17(16)15-8-3-1-4-9-15;/h1,3-4,8-9,16-17H,2,5-7,10-14,20H2,(H,21,22);1H. The molecule has 0 spiro atoms. The molecule has 3 rings (SSSR count). The summed E-state index contributed by atoms with van der Waals surface area (Å²) in [5, 5.41) is 3.12. The zero-order chi connectivity index (χ0) is 16.1. The van der Waals surface area contributed by atoms with Gasteiger partial charge in [0.15, 0.2) is 0 Å². The second-order valence-corrected chi connectivity index (χ2v) is 7.09. The molecule has 1 aromatic rings. The average molecular weight is 353 g/mol. The van der Waals surface area contributed by atoms with Crippen LogP contribution in [0.1, 0.15) is 56.6 Å². The van der Waals surface area contributed by atoms with Gasteiger partial charge >= 0.3 is 0 Å². The molecular weight excluding hydrogens is 324 g/mol. The van der Waals surface area contributed by atoms with E-state index in [0.717, 1.165) is 37.9 Å². The number of benzene rings is 1. The van der Waals surface area contributed by atoms with E-state index in [0.29, 0.717) is 6.54 Å². The Kier molecular flexibility index (Phi) is 7.08. The summed E-state index contributed by atoms with van der Waals surface area (Å²) in [5.74, 6) is -0.0210. The van der Waals surface area contributed by atoms with Crippen LogP contribution in [-0.4, -0.2) is 24.6 Å². The number of nitrogens with two attached hydrogens (primary N) is 1. The third-order valence-electron chi connectivity index (χ3n) is 5.25. The fourth-order valence-electron chi connectivity index (χ4n) is 3.85. The van der Waals surface area contributed by atoms with Gasteiger partial charge in [0.2, 0.25) is 5.91 Å². The number of hydrogen-bond acceptors (Lipinski definition) is 3. The Morgan fingerprint density at radius 1 is 1.17 bits per heavy atom. The fraction of sp³-hybridized carbons (Fsp3) is 0.632. The lowest BCUT2D eigenvalue weighted by Gasteiger charge is -2.35. The molecule has 1 aromatic carbocycles. The molecule has 0 aromatic heterocycles. The molecule has 2 fully saturated rings. The van der Waals surface area contributed by atoms with Gasteiger partial charge in [-0.05, 0) is 31.2 Å². The minimum atomic E-state index is -0.217. The number of halogens is 1. The summed E-state index contributed by atoms with van der Waals surface area (Å²) >= 11 is 0. The number of hydrogen-bond donors (Lipinski definition) is 2. The van der Waals surface area contributed by atoms with E-state index in [1.54, 1.807) is 0 Å². The first-order valence-corrected chi connectivity index (χ1v) is 8.91. The Morgan fingerprint density at radius 2 is 1.88 bits per heavy atom. The molecule has 134 valence electrons. The number of carbonyl (C=O) groups excluding carboxylic acids is 1. The lowest BCUT2D eigenvalue weighted by Crippen LogP contribution is -2.52. The van der Waals surface area contributed by atoms with Crippen LogP contribution >= 0.6 is 12.4 Å². The van der Waals surface area contributed by atoms with Crippen LogP contribution in [0, 0.1) is 5.92 Å². The lowest BCUT2D eigenvalue weighted by molar-refractivity contribution is -0.135. The molecule has 3 N–H and O–H groups in total. The van der Waals surface area contributed by atoms with E-state index in [4.69, 9.17) is 10.5 Å². The van der Waals surface area contributed by atoms with E-state index >= 15 is 0 Å². The summed E-state index contributed by atoms with van der Waals surface area (Å²) < 4.78 is 5.92. The summed E-state index contributed by atoms with van der Waals surface area (Å²) in [4.78, 5) is 12.7. The summed E-state index contributed by atoms with van der Waals surface area (Å²) in [7, 11) is 0. The molecule has 24 heavy (non-hydrogen) atoms. The maximum Gasteiger partial charge on any atom is 0.226 e. The molecule has 1 aliphatic carbocycles. The summed E-state index contributed by atoms with van der Waals surface area (Å²) in [6, 6.07) is 10.1. The Balaban J connectivity index is 0.00000208. The van der Waals surface area contributed by atoms with Gasteiger partial charge in [0, 0.05) is 18.7 Å². The van der Waals surface area contributed by atoms with Crippen molar-refractivity contribution in [2.45, 2.75) is 56.6 Å². The van der Waals surface area contributed by atoms with Crippen molar-refractivity contribution in [3.63, 3.8) is 0 Å². The maximum absolute atomic E-state index is 12.7.